The van der Waals surface area contributed by atoms with E-state index in [0.717, 1.165) is 11.0 Å². The summed E-state index contributed by atoms with van der Waals surface area (Å²) < 4.78 is 21.4. The summed E-state index contributed by atoms with van der Waals surface area (Å²) >= 11 is 5.28. The van der Waals surface area contributed by atoms with Crippen molar-refractivity contribution in [3.05, 3.63) is 28.8 Å². The van der Waals surface area contributed by atoms with E-state index in [9.17, 15) is 4.39 Å². The topological polar surface area (TPSA) is 29.9 Å². The fraction of sp³-hybridized carbons (Fsp3) is 0.462. The molecule has 0 saturated heterocycles. The average molecular weight is 268 g/mol. The third-order valence-electron chi connectivity index (χ3n) is 2.81. The van der Waals surface area contributed by atoms with Crippen LogP contribution in [0.25, 0.3) is 11.0 Å². The third kappa shape index (κ3) is 2.62. The van der Waals surface area contributed by atoms with Gasteiger partial charge in [0.1, 0.15) is 5.82 Å². The number of hydrogen-bond donors (Lipinski definition) is 1. The normalized spacial score (nSPS) is 12.2. The molecule has 5 heteroatoms. The highest BCUT2D eigenvalue weighted by molar-refractivity contribution is 7.71. The number of rotatable bonds is 4. The van der Waals surface area contributed by atoms with Crippen LogP contribution >= 0.6 is 12.2 Å². The van der Waals surface area contributed by atoms with Gasteiger partial charge in [-0.2, -0.15) is 0 Å². The predicted molar refractivity (Wildman–Crippen MR) is 72.8 cm³/mol. The highest BCUT2D eigenvalue weighted by Crippen LogP contribution is 2.20. The van der Waals surface area contributed by atoms with Gasteiger partial charge in [0.25, 0.3) is 0 Å². The lowest BCUT2D eigenvalue weighted by molar-refractivity contribution is -0.0219. The van der Waals surface area contributed by atoms with E-state index in [4.69, 9.17) is 17.0 Å². The first kappa shape index (κ1) is 13.2. The number of hydrogen-bond acceptors (Lipinski definition) is 2. The third-order valence-corrected chi connectivity index (χ3v) is 3.13. The Morgan fingerprint density at radius 3 is 2.83 bits per heavy atom. The summed E-state index contributed by atoms with van der Waals surface area (Å²) in [6, 6.07) is 4.61. The number of fused-ring (bicyclic) bond motifs is 1. The molecule has 0 spiro atoms. The van der Waals surface area contributed by atoms with Crippen LogP contribution in [0.4, 0.5) is 4.39 Å². The largest absolute Gasteiger partial charge is 0.374 e. The van der Waals surface area contributed by atoms with Crippen molar-refractivity contribution in [2.75, 3.05) is 6.61 Å². The van der Waals surface area contributed by atoms with Gasteiger partial charge in [0.2, 0.25) is 0 Å². The number of benzene rings is 1. The second-order valence-corrected chi connectivity index (χ2v) is 5.26. The van der Waals surface area contributed by atoms with Crippen LogP contribution in [0.15, 0.2) is 18.2 Å². The first-order valence-electron chi connectivity index (χ1n) is 5.95. The van der Waals surface area contributed by atoms with Crippen LogP contribution in [0.2, 0.25) is 0 Å². The van der Waals surface area contributed by atoms with Crippen LogP contribution in [-0.4, -0.2) is 21.8 Å². The first-order valence-corrected chi connectivity index (χ1v) is 6.36. The number of nitrogens with zero attached hydrogens (tertiary/aromatic N) is 1. The molecule has 0 unspecified atom stereocenters. The van der Waals surface area contributed by atoms with Gasteiger partial charge in [-0.15, -0.1) is 0 Å². The van der Waals surface area contributed by atoms with Gasteiger partial charge in [-0.05, 0) is 51.2 Å². The Morgan fingerprint density at radius 1 is 1.44 bits per heavy atom. The summed E-state index contributed by atoms with van der Waals surface area (Å²) in [5.74, 6) is -0.264. The summed E-state index contributed by atoms with van der Waals surface area (Å²) in [5.41, 5.74) is 1.27. The number of ether oxygens (including phenoxy) is 1. The van der Waals surface area contributed by atoms with Crippen LogP contribution in [-0.2, 0) is 11.3 Å². The number of H-pyrrole nitrogens is 1. The maximum Gasteiger partial charge on any atom is 0.178 e. The Kier molecular flexibility index (Phi) is 3.54. The van der Waals surface area contributed by atoms with Gasteiger partial charge in [0, 0.05) is 6.61 Å². The van der Waals surface area contributed by atoms with Crippen LogP contribution in [0.5, 0.6) is 0 Å². The van der Waals surface area contributed by atoms with Gasteiger partial charge >= 0.3 is 0 Å². The van der Waals surface area contributed by atoms with E-state index >= 15 is 0 Å². The number of halogens is 1. The maximum absolute atomic E-state index is 13.3. The molecule has 0 atom stereocenters. The Bertz CT molecular complexity index is 615. The van der Waals surface area contributed by atoms with Crippen molar-refractivity contribution in [1.29, 1.82) is 0 Å². The second-order valence-electron chi connectivity index (χ2n) is 4.87. The molecule has 0 aliphatic rings. The van der Waals surface area contributed by atoms with Crippen LogP contribution < -0.4 is 0 Å². The molecular weight excluding hydrogens is 251 g/mol. The molecule has 18 heavy (non-hydrogen) atoms. The zero-order valence-corrected chi connectivity index (χ0v) is 11.6. The van der Waals surface area contributed by atoms with Crippen molar-refractivity contribution in [3.63, 3.8) is 0 Å². The molecule has 0 fully saturated rings. The quantitative estimate of drug-likeness (QED) is 0.858. The molecule has 2 rings (SSSR count). The molecule has 0 aliphatic heterocycles. The molecule has 1 N–H and O–H groups in total. The van der Waals surface area contributed by atoms with Crippen molar-refractivity contribution in [2.45, 2.75) is 32.9 Å². The van der Waals surface area contributed by atoms with Crippen LogP contribution in [0.3, 0.4) is 0 Å². The van der Waals surface area contributed by atoms with E-state index in [-0.39, 0.29) is 11.4 Å². The highest BCUT2D eigenvalue weighted by atomic mass is 32.1. The maximum atomic E-state index is 13.3. The van der Waals surface area contributed by atoms with Crippen molar-refractivity contribution in [1.82, 2.24) is 9.55 Å². The smallest absolute Gasteiger partial charge is 0.178 e. The molecule has 98 valence electrons. The van der Waals surface area contributed by atoms with Crippen LogP contribution in [0, 0.1) is 10.6 Å². The van der Waals surface area contributed by atoms with E-state index < -0.39 is 0 Å². The molecule has 0 saturated carbocycles. The summed E-state index contributed by atoms with van der Waals surface area (Å²) in [4.78, 5) is 3.07. The van der Waals surface area contributed by atoms with E-state index in [1.54, 1.807) is 6.07 Å². The van der Waals surface area contributed by atoms with Gasteiger partial charge in [-0.3, -0.25) is 0 Å². The zero-order valence-electron chi connectivity index (χ0n) is 10.8. The first-order chi connectivity index (χ1) is 8.43. The summed E-state index contributed by atoms with van der Waals surface area (Å²) in [6.07, 6.45) is 0. The van der Waals surface area contributed by atoms with E-state index in [1.807, 2.05) is 25.3 Å². The van der Waals surface area contributed by atoms with E-state index in [0.29, 0.717) is 17.9 Å². The fourth-order valence-corrected chi connectivity index (χ4v) is 2.37. The van der Waals surface area contributed by atoms with Crippen molar-refractivity contribution >= 4 is 23.3 Å². The lowest BCUT2D eigenvalue weighted by Crippen LogP contribution is -2.30. The van der Waals surface area contributed by atoms with Gasteiger partial charge in [-0.25, -0.2) is 4.39 Å². The zero-order chi connectivity index (χ0) is 13.3. The Hall–Kier alpha value is -1.20. The SMILES string of the molecule is CCOC(C)(C)Cn1c(=S)[nH]c2ccc(F)cc21. The second kappa shape index (κ2) is 4.82. The monoisotopic (exact) mass is 268 g/mol. The fourth-order valence-electron chi connectivity index (χ4n) is 2.10. The molecular formula is C13H17FN2OS. The van der Waals surface area contributed by atoms with Crippen molar-refractivity contribution < 1.29 is 9.13 Å². The van der Waals surface area contributed by atoms with Gasteiger partial charge < -0.3 is 14.3 Å². The molecule has 1 aromatic heterocycles. The minimum atomic E-state index is -0.339. The molecule has 0 radical (unpaired) electrons. The molecule has 1 aromatic carbocycles. The predicted octanol–water partition coefficient (Wildman–Crippen LogP) is 3.65. The molecule has 1 heterocycles. The highest BCUT2D eigenvalue weighted by Gasteiger charge is 2.20. The summed E-state index contributed by atoms with van der Waals surface area (Å²) in [6.45, 7) is 7.17. The van der Waals surface area contributed by atoms with Crippen LogP contribution in [0.1, 0.15) is 20.8 Å². The molecule has 3 nitrogen and oxygen atoms in total. The standard InChI is InChI=1S/C13H17FN2OS/c1-4-17-13(2,3)8-16-11-7-9(14)5-6-10(11)15-12(16)18/h5-7H,4,8H2,1-3H3,(H,15,18). The van der Waals surface area contributed by atoms with E-state index in [2.05, 4.69) is 4.98 Å². The summed E-state index contributed by atoms with van der Waals surface area (Å²) in [7, 11) is 0. The van der Waals surface area contributed by atoms with Crippen molar-refractivity contribution in [2.24, 2.45) is 0 Å². The number of aromatic nitrogens is 2. The summed E-state index contributed by atoms with van der Waals surface area (Å²) in [5, 5.41) is 0. The Morgan fingerprint density at radius 2 is 2.17 bits per heavy atom. The Balaban J connectivity index is 2.47. The van der Waals surface area contributed by atoms with Crippen molar-refractivity contribution in [3.8, 4) is 0 Å². The van der Waals surface area contributed by atoms with E-state index in [1.165, 1.54) is 12.1 Å². The van der Waals surface area contributed by atoms with Gasteiger partial charge in [0.05, 0.1) is 23.2 Å². The number of nitrogens with one attached hydrogen (secondary N) is 1. The minimum Gasteiger partial charge on any atom is -0.374 e. The van der Waals surface area contributed by atoms with Gasteiger partial charge in [0.15, 0.2) is 4.77 Å². The molecule has 0 amide bonds. The molecule has 2 aromatic rings. The lowest BCUT2D eigenvalue weighted by atomic mass is 10.1. The molecule has 0 bridgehead atoms. The molecule has 0 aliphatic carbocycles. The Labute approximate surface area is 111 Å². The average Bonchev–Trinajstić information content (AvgIpc) is 2.55. The van der Waals surface area contributed by atoms with Gasteiger partial charge in [-0.1, -0.05) is 0 Å². The number of imidazole rings is 1. The number of aromatic amines is 1. The lowest BCUT2D eigenvalue weighted by Gasteiger charge is -2.25. The minimum absolute atomic E-state index is 0.264.